The van der Waals surface area contributed by atoms with E-state index in [2.05, 4.69) is 47.3 Å². The fourth-order valence-electron chi connectivity index (χ4n) is 2.22. The standard InChI is InChI=1S/C13H24N4S/c1-9(2)17(10(3)4)8-7-14-13-15-12(16-18-13)11-5-6-11/h9-11H,5-8H2,1-4H3,(H,14,15,16). The summed E-state index contributed by atoms with van der Waals surface area (Å²) in [4.78, 5) is 7.02. The van der Waals surface area contributed by atoms with E-state index in [9.17, 15) is 0 Å². The van der Waals surface area contributed by atoms with Gasteiger partial charge in [-0.1, -0.05) is 0 Å². The lowest BCUT2D eigenvalue weighted by molar-refractivity contribution is 0.182. The molecule has 0 spiro atoms. The Morgan fingerprint density at radius 2 is 1.94 bits per heavy atom. The van der Waals surface area contributed by atoms with E-state index in [4.69, 9.17) is 0 Å². The van der Waals surface area contributed by atoms with Crippen molar-refractivity contribution in [3.05, 3.63) is 5.82 Å². The Morgan fingerprint density at radius 3 is 2.50 bits per heavy atom. The number of nitrogens with one attached hydrogen (secondary N) is 1. The normalized spacial score (nSPS) is 15.9. The molecule has 5 heteroatoms. The van der Waals surface area contributed by atoms with Crippen molar-refractivity contribution in [1.29, 1.82) is 0 Å². The van der Waals surface area contributed by atoms with Gasteiger partial charge in [-0.3, -0.25) is 4.90 Å². The van der Waals surface area contributed by atoms with Crippen molar-refractivity contribution in [2.45, 2.75) is 58.5 Å². The van der Waals surface area contributed by atoms with Gasteiger partial charge in [0.1, 0.15) is 5.82 Å². The summed E-state index contributed by atoms with van der Waals surface area (Å²) in [6, 6.07) is 1.17. The molecule has 1 heterocycles. The smallest absolute Gasteiger partial charge is 0.202 e. The summed E-state index contributed by atoms with van der Waals surface area (Å²) < 4.78 is 4.40. The van der Waals surface area contributed by atoms with Crippen molar-refractivity contribution >= 4 is 16.7 Å². The average Bonchev–Trinajstić information content (AvgIpc) is 3.04. The molecule has 0 aromatic carbocycles. The summed E-state index contributed by atoms with van der Waals surface area (Å²) in [7, 11) is 0. The first kappa shape index (κ1) is 13.7. The van der Waals surface area contributed by atoms with E-state index in [1.807, 2.05) is 0 Å². The van der Waals surface area contributed by atoms with Gasteiger partial charge < -0.3 is 5.32 Å². The maximum Gasteiger partial charge on any atom is 0.202 e. The second kappa shape index (κ2) is 5.97. The molecule has 2 rings (SSSR count). The van der Waals surface area contributed by atoms with Gasteiger partial charge in [-0.2, -0.15) is 4.37 Å². The molecule has 0 atom stereocenters. The van der Waals surface area contributed by atoms with E-state index < -0.39 is 0 Å². The van der Waals surface area contributed by atoms with Crippen LogP contribution in [-0.2, 0) is 0 Å². The third-order valence-electron chi connectivity index (χ3n) is 3.36. The van der Waals surface area contributed by atoms with E-state index in [0.29, 0.717) is 18.0 Å². The highest BCUT2D eigenvalue weighted by Gasteiger charge is 2.27. The number of hydrogen-bond donors (Lipinski definition) is 1. The van der Waals surface area contributed by atoms with Crippen LogP contribution in [0.5, 0.6) is 0 Å². The van der Waals surface area contributed by atoms with Gasteiger partial charge in [0.15, 0.2) is 0 Å². The Balaban J connectivity index is 1.76. The van der Waals surface area contributed by atoms with Crippen molar-refractivity contribution in [1.82, 2.24) is 14.3 Å². The van der Waals surface area contributed by atoms with Crippen LogP contribution in [0.3, 0.4) is 0 Å². The monoisotopic (exact) mass is 268 g/mol. The Hall–Kier alpha value is -0.680. The molecule has 0 saturated heterocycles. The second-order valence-corrected chi connectivity index (χ2v) is 6.34. The number of anilines is 1. The van der Waals surface area contributed by atoms with Gasteiger partial charge in [-0.05, 0) is 40.5 Å². The molecule has 0 unspecified atom stereocenters. The summed E-state index contributed by atoms with van der Waals surface area (Å²) in [6.45, 7) is 11.0. The van der Waals surface area contributed by atoms with Crippen LogP contribution in [0, 0.1) is 0 Å². The highest BCUT2D eigenvalue weighted by atomic mass is 32.1. The van der Waals surface area contributed by atoms with Crippen LogP contribution in [0.1, 0.15) is 52.3 Å². The van der Waals surface area contributed by atoms with Gasteiger partial charge in [0.25, 0.3) is 0 Å². The molecule has 1 aliphatic carbocycles. The predicted molar refractivity (Wildman–Crippen MR) is 77.4 cm³/mol. The van der Waals surface area contributed by atoms with Crippen LogP contribution in [0.15, 0.2) is 0 Å². The molecule has 18 heavy (non-hydrogen) atoms. The molecule has 1 saturated carbocycles. The third kappa shape index (κ3) is 3.65. The summed E-state index contributed by atoms with van der Waals surface area (Å²) in [5.41, 5.74) is 0. The largest absolute Gasteiger partial charge is 0.359 e. The van der Waals surface area contributed by atoms with Crippen LogP contribution in [0.4, 0.5) is 5.13 Å². The maximum absolute atomic E-state index is 4.54. The fourth-order valence-corrected chi connectivity index (χ4v) is 2.89. The van der Waals surface area contributed by atoms with Crippen molar-refractivity contribution in [3.63, 3.8) is 0 Å². The van der Waals surface area contributed by atoms with Gasteiger partial charge in [-0.25, -0.2) is 4.98 Å². The molecule has 0 amide bonds. The molecule has 102 valence electrons. The van der Waals surface area contributed by atoms with E-state index >= 15 is 0 Å². The molecule has 0 bridgehead atoms. The van der Waals surface area contributed by atoms with Crippen LogP contribution >= 0.6 is 11.5 Å². The van der Waals surface area contributed by atoms with Crippen LogP contribution in [-0.4, -0.2) is 39.4 Å². The van der Waals surface area contributed by atoms with E-state index in [-0.39, 0.29) is 0 Å². The molecule has 1 aliphatic rings. The molecule has 1 fully saturated rings. The van der Waals surface area contributed by atoms with E-state index in [0.717, 1.165) is 24.0 Å². The molecular formula is C13H24N4S. The maximum atomic E-state index is 4.54. The Morgan fingerprint density at radius 1 is 1.28 bits per heavy atom. The Bertz CT molecular complexity index is 363. The zero-order valence-electron chi connectivity index (χ0n) is 11.8. The highest BCUT2D eigenvalue weighted by Crippen LogP contribution is 2.39. The van der Waals surface area contributed by atoms with Gasteiger partial charge >= 0.3 is 0 Å². The van der Waals surface area contributed by atoms with Crippen molar-refractivity contribution < 1.29 is 0 Å². The third-order valence-corrected chi connectivity index (χ3v) is 4.04. The lowest BCUT2D eigenvalue weighted by Gasteiger charge is -2.30. The number of hydrogen-bond acceptors (Lipinski definition) is 5. The molecule has 1 aromatic rings. The Kier molecular flexibility index (Phi) is 4.56. The zero-order chi connectivity index (χ0) is 13.1. The number of aromatic nitrogens is 2. The van der Waals surface area contributed by atoms with Crippen molar-refractivity contribution in [2.24, 2.45) is 0 Å². The molecule has 0 aliphatic heterocycles. The summed E-state index contributed by atoms with van der Waals surface area (Å²) in [5, 5.41) is 4.37. The molecular weight excluding hydrogens is 244 g/mol. The minimum atomic E-state index is 0.586. The number of nitrogens with zero attached hydrogens (tertiary/aromatic N) is 3. The quantitative estimate of drug-likeness (QED) is 0.825. The fraction of sp³-hybridized carbons (Fsp3) is 0.846. The molecule has 1 N–H and O–H groups in total. The van der Waals surface area contributed by atoms with Crippen LogP contribution < -0.4 is 5.32 Å². The Labute approximate surface area is 114 Å². The topological polar surface area (TPSA) is 41.0 Å². The first-order chi connectivity index (χ1) is 8.58. The zero-order valence-corrected chi connectivity index (χ0v) is 12.6. The summed E-state index contributed by atoms with van der Waals surface area (Å²) in [5.74, 6) is 1.70. The first-order valence-corrected chi connectivity index (χ1v) is 7.68. The van der Waals surface area contributed by atoms with Crippen LogP contribution in [0.25, 0.3) is 0 Å². The van der Waals surface area contributed by atoms with E-state index in [1.165, 1.54) is 24.4 Å². The van der Waals surface area contributed by atoms with E-state index in [1.54, 1.807) is 0 Å². The first-order valence-electron chi connectivity index (χ1n) is 6.91. The molecule has 1 aromatic heterocycles. The lowest BCUT2D eigenvalue weighted by atomic mass is 10.2. The lowest BCUT2D eigenvalue weighted by Crippen LogP contribution is -2.40. The van der Waals surface area contributed by atoms with Gasteiger partial charge in [0, 0.05) is 42.6 Å². The summed E-state index contributed by atoms with van der Waals surface area (Å²) in [6.07, 6.45) is 2.54. The highest BCUT2D eigenvalue weighted by molar-refractivity contribution is 7.09. The molecule has 4 nitrogen and oxygen atoms in total. The van der Waals surface area contributed by atoms with Crippen molar-refractivity contribution in [3.8, 4) is 0 Å². The van der Waals surface area contributed by atoms with Gasteiger partial charge in [-0.15, -0.1) is 0 Å². The molecule has 0 radical (unpaired) electrons. The number of rotatable bonds is 7. The van der Waals surface area contributed by atoms with Crippen LogP contribution in [0.2, 0.25) is 0 Å². The minimum Gasteiger partial charge on any atom is -0.359 e. The average molecular weight is 268 g/mol. The summed E-state index contributed by atoms with van der Waals surface area (Å²) >= 11 is 1.50. The SMILES string of the molecule is CC(C)N(CCNc1nc(C2CC2)ns1)C(C)C. The van der Waals surface area contributed by atoms with Gasteiger partial charge in [0.2, 0.25) is 5.13 Å². The van der Waals surface area contributed by atoms with Crippen molar-refractivity contribution in [2.75, 3.05) is 18.4 Å². The predicted octanol–water partition coefficient (Wildman–Crippen LogP) is 2.95. The van der Waals surface area contributed by atoms with Gasteiger partial charge in [0.05, 0.1) is 0 Å². The minimum absolute atomic E-state index is 0.586. The second-order valence-electron chi connectivity index (χ2n) is 5.58.